The Morgan fingerprint density at radius 1 is 1.65 bits per heavy atom. The number of primary amides is 1. The number of hydrogen-bond donors (Lipinski definition) is 1. The molecule has 0 aromatic carbocycles. The molecule has 5 heteroatoms. The third-order valence-corrected chi connectivity index (χ3v) is 2.96. The van der Waals surface area contributed by atoms with Crippen molar-refractivity contribution in [2.75, 3.05) is 18.0 Å². The minimum atomic E-state index is -0.479. The van der Waals surface area contributed by atoms with E-state index in [1.807, 2.05) is 4.90 Å². The van der Waals surface area contributed by atoms with Crippen LogP contribution in [0.4, 0.5) is 5.82 Å². The van der Waals surface area contributed by atoms with Gasteiger partial charge in [-0.15, -0.1) is 0 Å². The van der Waals surface area contributed by atoms with E-state index >= 15 is 0 Å². The highest BCUT2D eigenvalue weighted by Gasteiger charge is 2.23. The van der Waals surface area contributed by atoms with Gasteiger partial charge in [-0.1, -0.05) is 0 Å². The number of rotatable bonds is 2. The van der Waals surface area contributed by atoms with Crippen LogP contribution in [-0.4, -0.2) is 24.0 Å². The Kier molecular flexibility index (Phi) is 3.24. The van der Waals surface area contributed by atoms with Crippen LogP contribution in [0.5, 0.6) is 0 Å². The van der Waals surface area contributed by atoms with Crippen LogP contribution in [0.15, 0.2) is 18.3 Å². The Balaban J connectivity index is 2.28. The number of hydrogen-bond acceptors (Lipinski definition) is 4. The topological polar surface area (TPSA) is 83.0 Å². The Morgan fingerprint density at radius 3 is 3.18 bits per heavy atom. The van der Waals surface area contributed by atoms with Gasteiger partial charge in [-0.3, -0.25) is 4.79 Å². The number of nitrogens with two attached hydrogens (primary N) is 1. The van der Waals surface area contributed by atoms with Crippen LogP contribution in [-0.2, 0) is 0 Å². The van der Waals surface area contributed by atoms with Crippen LogP contribution in [0.2, 0.25) is 0 Å². The van der Waals surface area contributed by atoms with E-state index in [2.05, 4.69) is 11.1 Å². The van der Waals surface area contributed by atoms with Crippen molar-refractivity contribution in [2.24, 2.45) is 11.7 Å². The maximum Gasteiger partial charge on any atom is 0.252 e. The summed E-state index contributed by atoms with van der Waals surface area (Å²) in [4.78, 5) is 17.5. The molecular weight excluding hydrogens is 216 g/mol. The number of nitriles is 1. The molecule has 2 rings (SSSR count). The molecule has 1 aliphatic rings. The maximum atomic E-state index is 11.3. The minimum absolute atomic E-state index is 0.00600. The van der Waals surface area contributed by atoms with Crippen molar-refractivity contribution in [3.05, 3.63) is 23.9 Å². The van der Waals surface area contributed by atoms with Crippen molar-refractivity contribution < 1.29 is 4.79 Å². The third-order valence-electron chi connectivity index (χ3n) is 2.96. The van der Waals surface area contributed by atoms with Crippen LogP contribution in [0.3, 0.4) is 0 Å². The molecule has 1 saturated heterocycles. The number of aromatic nitrogens is 1. The molecular formula is C12H14N4O. The summed E-state index contributed by atoms with van der Waals surface area (Å²) in [6.07, 6.45) is 3.48. The van der Waals surface area contributed by atoms with Gasteiger partial charge in [-0.05, 0) is 25.0 Å². The van der Waals surface area contributed by atoms with E-state index in [0.29, 0.717) is 17.9 Å². The van der Waals surface area contributed by atoms with Gasteiger partial charge in [0.1, 0.15) is 5.82 Å². The number of pyridine rings is 1. The number of amides is 1. The van der Waals surface area contributed by atoms with Crippen molar-refractivity contribution in [3.8, 4) is 6.07 Å². The van der Waals surface area contributed by atoms with Gasteiger partial charge in [0.05, 0.1) is 17.6 Å². The summed E-state index contributed by atoms with van der Waals surface area (Å²) in [6.45, 7) is 1.43. The predicted octanol–water partition coefficient (Wildman–Crippen LogP) is 0.920. The second kappa shape index (κ2) is 4.83. The molecule has 1 fully saturated rings. The molecule has 88 valence electrons. The van der Waals surface area contributed by atoms with Crippen molar-refractivity contribution in [3.63, 3.8) is 0 Å². The highest BCUT2D eigenvalue weighted by atomic mass is 16.1. The molecule has 0 spiro atoms. The van der Waals surface area contributed by atoms with E-state index in [1.54, 1.807) is 18.3 Å². The van der Waals surface area contributed by atoms with Gasteiger partial charge in [-0.2, -0.15) is 5.26 Å². The number of carbonyl (C=O) groups excluding carboxylic acids is 1. The quantitative estimate of drug-likeness (QED) is 0.818. The molecule has 1 amide bonds. The lowest BCUT2D eigenvalue weighted by Gasteiger charge is -2.31. The zero-order valence-corrected chi connectivity index (χ0v) is 9.47. The average Bonchev–Trinajstić information content (AvgIpc) is 2.39. The van der Waals surface area contributed by atoms with Gasteiger partial charge in [0.2, 0.25) is 0 Å². The van der Waals surface area contributed by atoms with Crippen LogP contribution in [0.1, 0.15) is 23.2 Å². The summed E-state index contributed by atoms with van der Waals surface area (Å²) in [5, 5.41) is 8.95. The van der Waals surface area contributed by atoms with Crippen molar-refractivity contribution in [2.45, 2.75) is 12.8 Å². The van der Waals surface area contributed by atoms with Gasteiger partial charge >= 0.3 is 0 Å². The normalized spacial score (nSPS) is 19.7. The van der Waals surface area contributed by atoms with Crippen LogP contribution < -0.4 is 10.6 Å². The largest absolute Gasteiger partial charge is 0.365 e. The number of carbonyl (C=O) groups is 1. The van der Waals surface area contributed by atoms with Crippen molar-refractivity contribution in [1.29, 1.82) is 5.26 Å². The van der Waals surface area contributed by atoms with Gasteiger partial charge in [0, 0.05) is 19.3 Å². The first-order chi connectivity index (χ1) is 8.22. The van der Waals surface area contributed by atoms with Gasteiger partial charge in [0.15, 0.2) is 0 Å². The highest BCUT2D eigenvalue weighted by Crippen LogP contribution is 2.23. The Bertz CT molecular complexity index is 466. The number of anilines is 1. The lowest BCUT2D eigenvalue weighted by molar-refractivity contribution is 0.100. The fourth-order valence-corrected chi connectivity index (χ4v) is 2.12. The van der Waals surface area contributed by atoms with Crippen molar-refractivity contribution >= 4 is 11.7 Å². The molecule has 0 aliphatic carbocycles. The fraction of sp³-hybridized carbons (Fsp3) is 0.417. The minimum Gasteiger partial charge on any atom is -0.365 e. The Hall–Kier alpha value is -2.09. The van der Waals surface area contributed by atoms with E-state index in [-0.39, 0.29) is 5.92 Å². The Labute approximate surface area is 99.9 Å². The first kappa shape index (κ1) is 11.4. The molecule has 1 aromatic heterocycles. The van der Waals surface area contributed by atoms with E-state index < -0.39 is 5.91 Å². The zero-order chi connectivity index (χ0) is 12.3. The van der Waals surface area contributed by atoms with Crippen LogP contribution >= 0.6 is 0 Å². The smallest absolute Gasteiger partial charge is 0.252 e. The second-order valence-corrected chi connectivity index (χ2v) is 4.15. The van der Waals surface area contributed by atoms with Gasteiger partial charge < -0.3 is 10.6 Å². The van der Waals surface area contributed by atoms with Gasteiger partial charge in [-0.25, -0.2) is 4.98 Å². The first-order valence-corrected chi connectivity index (χ1v) is 5.61. The summed E-state index contributed by atoms with van der Waals surface area (Å²) in [7, 11) is 0. The molecule has 0 unspecified atom stereocenters. The number of nitrogens with zero attached hydrogens (tertiary/aromatic N) is 3. The standard InChI is InChI=1S/C12H14N4O/c13-7-9-3-2-6-16(8-9)12-10(11(14)17)4-1-5-15-12/h1,4-5,9H,2-3,6,8H2,(H2,14,17)/t9-/m0/s1. The molecule has 0 bridgehead atoms. The molecule has 17 heavy (non-hydrogen) atoms. The molecule has 1 atom stereocenters. The lowest BCUT2D eigenvalue weighted by atomic mass is 9.99. The van der Waals surface area contributed by atoms with Crippen LogP contribution in [0, 0.1) is 17.2 Å². The first-order valence-electron chi connectivity index (χ1n) is 5.61. The Morgan fingerprint density at radius 2 is 2.47 bits per heavy atom. The zero-order valence-electron chi connectivity index (χ0n) is 9.47. The molecule has 0 radical (unpaired) electrons. The molecule has 0 saturated carbocycles. The second-order valence-electron chi connectivity index (χ2n) is 4.15. The summed E-state index contributed by atoms with van der Waals surface area (Å²) >= 11 is 0. The molecule has 5 nitrogen and oxygen atoms in total. The molecule has 1 aliphatic heterocycles. The lowest BCUT2D eigenvalue weighted by Crippen LogP contribution is -2.36. The predicted molar refractivity (Wildman–Crippen MR) is 63.3 cm³/mol. The molecule has 2 heterocycles. The monoisotopic (exact) mass is 230 g/mol. The number of piperidine rings is 1. The maximum absolute atomic E-state index is 11.3. The average molecular weight is 230 g/mol. The highest BCUT2D eigenvalue weighted by molar-refractivity contribution is 5.97. The van der Waals surface area contributed by atoms with E-state index in [1.165, 1.54) is 0 Å². The van der Waals surface area contributed by atoms with E-state index in [9.17, 15) is 4.79 Å². The SMILES string of the molecule is N#C[C@@H]1CCCN(c2ncccc2C(N)=O)C1. The summed E-state index contributed by atoms with van der Waals surface area (Å²) in [5.41, 5.74) is 5.74. The summed E-state index contributed by atoms with van der Waals surface area (Å²) in [6, 6.07) is 5.62. The molecule has 1 aromatic rings. The fourth-order valence-electron chi connectivity index (χ4n) is 2.12. The van der Waals surface area contributed by atoms with Crippen molar-refractivity contribution in [1.82, 2.24) is 4.98 Å². The molecule has 2 N–H and O–H groups in total. The third kappa shape index (κ3) is 2.36. The van der Waals surface area contributed by atoms with Gasteiger partial charge in [0.25, 0.3) is 5.91 Å². The van der Waals surface area contributed by atoms with Crippen LogP contribution in [0.25, 0.3) is 0 Å². The van der Waals surface area contributed by atoms with E-state index in [4.69, 9.17) is 11.0 Å². The van der Waals surface area contributed by atoms with E-state index in [0.717, 1.165) is 19.4 Å². The summed E-state index contributed by atoms with van der Waals surface area (Å²) in [5.74, 6) is 0.124. The summed E-state index contributed by atoms with van der Waals surface area (Å²) < 4.78 is 0.